The molecule has 1 aromatic rings. The highest BCUT2D eigenvalue weighted by molar-refractivity contribution is 5.97. The van der Waals surface area contributed by atoms with E-state index in [-0.39, 0.29) is 18.1 Å². The molecule has 110 valence electrons. The minimum Gasteiger partial charge on any atom is -0.507 e. The monoisotopic (exact) mass is 278 g/mol. The quantitative estimate of drug-likeness (QED) is 0.808. The van der Waals surface area contributed by atoms with E-state index in [1.165, 1.54) is 6.92 Å². The number of ketones is 1. The molecular formula is C15H22N2O3. The number of hydrogen-bond donors (Lipinski definition) is 2. The number of phenols is 1. The van der Waals surface area contributed by atoms with E-state index in [4.69, 9.17) is 5.11 Å². The first kappa shape index (κ1) is 14.8. The number of aliphatic hydroxyl groups excluding tert-OH is 1. The van der Waals surface area contributed by atoms with Crippen LogP contribution in [0.3, 0.4) is 0 Å². The van der Waals surface area contributed by atoms with Crippen LogP contribution < -0.4 is 4.90 Å². The first-order valence-corrected chi connectivity index (χ1v) is 7.04. The maximum Gasteiger partial charge on any atom is 0.163 e. The number of benzene rings is 1. The minimum absolute atomic E-state index is 0.0476. The number of hydrogen-bond acceptors (Lipinski definition) is 5. The van der Waals surface area contributed by atoms with Crippen molar-refractivity contribution in [3.63, 3.8) is 0 Å². The van der Waals surface area contributed by atoms with Crippen LogP contribution in [0.5, 0.6) is 5.75 Å². The van der Waals surface area contributed by atoms with Crippen LogP contribution in [0.1, 0.15) is 23.7 Å². The highest BCUT2D eigenvalue weighted by atomic mass is 16.3. The van der Waals surface area contributed by atoms with Crippen LogP contribution in [-0.2, 0) is 0 Å². The average Bonchev–Trinajstić information content (AvgIpc) is 2.64. The van der Waals surface area contributed by atoms with Crippen LogP contribution in [0.15, 0.2) is 18.2 Å². The third kappa shape index (κ3) is 3.49. The fourth-order valence-corrected chi connectivity index (χ4v) is 2.61. The van der Waals surface area contributed by atoms with E-state index >= 15 is 0 Å². The van der Waals surface area contributed by atoms with Gasteiger partial charge in [0, 0.05) is 37.9 Å². The summed E-state index contributed by atoms with van der Waals surface area (Å²) >= 11 is 0. The molecule has 1 aliphatic heterocycles. The Bertz CT molecular complexity index is 476. The zero-order valence-electron chi connectivity index (χ0n) is 11.9. The number of nitrogens with zero attached hydrogens (tertiary/aromatic N) is 2. The fourth-order valence-electron chi connectivity index (χ4n) is 2.61. The molecule has 0 aliphatic carbocycles. The summed E-state index contributed by atoms with van der Waals surface area (Å²) in [6, 6.07) is 5.24. The van der Waals surface area contributed by atoms with E-state index in [2.05, 4.69) is 9.80 Å². The molecule has 5 nitrogen and oxygen atoms in total. The second kappa shape index (κ2) is 6.72. The molecule has 2 N–H and O–H groups in total. The molecular weight excluding hydrogens is 256 g/mol. The molecule has 1 aliphatic rings. The van der Waals surface area contributed by atoms with Crippen molar-refractivity contribution in [3.8, 4) is 5.75 Å². The van der Waals surface area contributed by atoms with Crippen LogP contribution in [-0.4, -0.2) is 60.2 Å². The van der Waals surface area contributed by atoms with Crippen LogP contribution in [0, 0.1) is 0 Å². The Balaban J connectivity index is 2.08. The zero-order valence-corrected chi connectivity index (χ0v) is 11.9. The smallest absolute Gasteiger partial charge is 0.163 e. The summed E-state index contributed by atoms with van der Waals surface area (Å²) in [5, 5.41) is 18.9. The summed E-state index contributed by atoms with van der Waals surface area (Å²) in [7, 11) is 0. The number of rotatable bonds is 4. The molecule has 20 heavy (non-hydrogen) atoms. The van der Waals surface area contributed by atoms with Gasteiger partial charge in [0.2, 0.25) is 0 Å². The predicted octanol–water partition coefficient (Wildman–Crippen LogP) is 1.10. The highest BCUT2D eigenvalue weighted by Crippen LogP contribution is 2.25. The Hall–Kier alpha value is -1.59. The summed E-state index contributed by atoms with van der Waals surface area (Å²) in [6.45, 7) is 6.01. The molecule has 0 unspecified atom stereocenters. The lowest BCUT2D eigenvalue weighted by molar-refractivity contribution is 0.101. The summed E-state index contributed by atoms with van der Waals surface area (Å²) in [5.41, 5.74) is 1.31. The first-order chi connectivity index (χ1) is 9.61. The van der Waals surface area contributed by atoms with Gasteiger partial charge in [-0.3, -0.25) is 9.69 Å². The van der Waals surface area contributed by atoms with Gasteiger partial charge in [0.25, 0.3) is 0 Å². The maximum atomic E-state index is 11.3. The van der Waals surface area contributed by atoms with Crippen LogP contribution in [0.4, 0.5) is 5.69 Å². The molecule has 1 saturated heterocycles. The molecule has 0 amide bonds. The lowest BCUT2D eigenvalue weighted by Gasteiger charge is -2.23. The van der Waals surface area contributed by atoms with E-state index in [1.807, 2.05) is 6.07 Å². The molecule has 0 radical (unpaired) electrons. The van der Waals surface area contributed by atoms with Gasteiger partial charge in [-0.2, -0.15) is 0 Å². The minimum atomic E-state index is -0.126. The summed E-state index contributed by atoms with van der Waals surface area (Å²) in [5.74, 6) is -0.0782. The fraction of sp³-hybridized carbons (Fsp3) is 0.533. The molecule has 0 saturated carbocycles. The van der Waals surface area contributed by atoms with Gasteiger partial charge in [-0.15, -0.1) is 0 Å². The first-order valence-electron chi connectivity index (χ1n) is 7.04. The topological polar surface area (TPSA) is 64.0 Å². The molecule has 2 rings (SSSR count). The molecule has 5 heteroatoms. The number of aliphatic hydroxyl groups is 1. The normalized spacial score (nSPS) is 17.0. The summed E-state index contributed by atoms with van der Waals surface area (Å²) in [6.07, 6.45) is 1.02. The van der Waals surface area contributed by atoms with Crippen molar-refractivity contribution in [2.45, 2.75) is 13.3 Å². The van der Waals surface area contributed by atoms with Crippen molar-refractivity contribution >= 4 is 11.5 Å². The van der Waals surface area contributed by atoms with Crippen molar-refractivity contribution in [2.24, 2.45) is 0 Å². The van der Waals surface area contributed by atoms with E-state index in [0.717, 1.165) is 38.3 Å². The van der Waals surface area contributed by atoms with Crippen LogP contribution in [0.2, 0.25) is 0 Å². The number of phenolic OH excluding ortho intramolecular Hbond substituents is 1. The van der Waals surface area contributed by atoms with E-state index < -0.39 is 0 Å². The third-order valence-corrected chi connectivity index (χ3v) is 3.73. The van der Waals surface area contributed by atoms with E-state index in [1.54, 1.807) is 12.1 Å². The molecule has 1 fully saturated rings. The van der Waals surface area contributed by atoms with Crippen molar-refractivity contribution < 1.29 is 15.0 Å². The van der Waals surface area contributed by atoms with Gasteiger partial charge in [0.05, 0.1) is 12.2 Å². The predicted molar refractivity (Wildman–Crippen MR) is 78.5 cm³/mol. The van der Waals surface area contributed by atoms with Crippen molar-refractivity contribution in [3.05, 3.63) is 23.8 Å². The molecule has 1 heterocycles. The zero-order chi connectivity index (χ0) is 14.5. The number of carbonyl (C=O) groups excluding carboxylic acids is 1. The SMILES string of the molecule is CC(=O)c1ccc(N2CCCN(CCO)CC2)cc1O. The Kier molecular flexibility index (Phi) is 4.98. The van der Waals surface area contributed by atoms with E-state index in [9.17, 15) is 9.90 Å². The van der Waals surface area contributed by atoms with Crippen molar-refractivity contribution in [1.29, 1.82) is 0 Å². The van der Waals surface area contributed by atoms with Gasteiger partial charge in [-0.25, -0.2) is 0 Å². The van der Waals surface area contributed by atoms with Crippen molar-refractivity contribution in [1.82, 2.24) is 4.90 Å². The summed E-state index contributed by atoms with van der Waals surface area (Å²) in [4.78, 5) is 15.8. The summed E-state index contributed by atoms with van der Waals surface area (Å²) < 4.78 is 0. The van der Waals surface area contributed by atoms with Gasteiger partial charge >= 0.3 is 0 Å². The molecule has 0 aromatic heterocycles. The molecule has 1 aromatic carbocycles. The number of Topliss-reactive ketones (excluding diaryl/α,β-unsaturated/α-hetero) is 1. The van der Waals surface area contributed by atoms with Gasteiger partial charge in [0.1, 0.15) is 5.75 Å². The number of β-amino-alcohol motifs (C(OH)–C–C–N with tert-alkyl or cyclic N) is 1. The van der Waals surface area contributed by atoms with Gasteiger partial charge in [0.15, 0.2) is 5.78 Å². The van der Waals surface area contributed by atoms with Gasteiger partial charge in [-0.05, 0) is 32.0 Å². The van der Waals surface area contributed by atoms with Gasteiger partial charge < -0.3 is 15.1 Å². The lowest BCUT2D eigenvalue weighted by Crippen LogP contribution is -2.32. The Morgan fingerprint density at radius 1 is 1.25 bits per heavy atom. The second-order valence-corrected chi connectivity index (χ2v) is 5.16. The average molecular weight is 278 g/mol. The number of aromatic hydroxyl groups is 1. The van der Waals surface area contributed by atoms with Gasteiger partial charge in [-0.1, -0.05) is 0 Å². The lowest BCUT2D eigenvalue weighted by atomic mass is 10.1. The Morgan fingerprint density at radius 3 is 2.70 bits per heavy atom. The third-order valence-electron chi connectivity index (χ3n) is 3.73. The highest BCUT2D eigenvalue weighted by Gasteiger charge is 2.16. The van der Waals surface area contributed by atoms with Crippen LogP contribution >= 0.6 is 0 Å². The molecule has 0 spiro atoms. The standard InChI is InChI=1S/C15H22N2O3/c1-12(19)14-4-3-13(11-15(14)20)17-6-2-5-16(7-8-17)9-10-18/h3-4,11,18,20H,2,5-10H2,1H3. The van der Waals surface area contributed by atoms with E-state index in [0.29, 0.717) is 12.1 Å². The molecule has 0 atom stereocenters. The van der Waals surface area contributed by atoms with Crippen molar-refractivity contribution in [2.75, 3.05) is 44.2 Å². The maximum absolute atomic E-state index is 11.3. The Labute approximate surface area is 119 Å². The largest absolute Gasteiger partial charge is 0.507 e. The number of anilines is 1. The number of carbonyl (C=O) groups is 1. The Morgan fingerprint density at radius 2 is 2.05 bits per heavy atom. The molecule has 0 bridgehead atoms. The van der Waals surface area contributed by atoms with Crippen LogP contribution in [0.25, 0.3) is 0 Å². The second-order valence-electron chi connectivity index (χ2n) is 5.16.